The molecule has 1 amide bonds. The maximum Gasteiger partial charge on any atom is 0.252 e. The number of aromatic nitrogens is 1. The quantitative estimate of drug-likeness (QED) is 0.735. The van der Waals surface area contributed by atoms with Crippen molar-refractivity contribution in [3.8, 4) is 0 Å². The maximum absolute atomic E-state index is 12.0. The number of hydrogen-bond acceptors (Lipinski definition) is 4. The number of anilines is 1. The van der Waals surface area contributed by atoms with Crippen molar-refractivity contribution in [2.45, 2.75) is 19.4 Å². The number of methoxy groups -OCH3 is 1. The predicted octanol–water partition coefficient (Wildman–Crippen LogP) is 3.02. The number of pyridine rings is 1. The average molecular weight is 313 g/mol. The zero-order valence-corrected chi connectivity index (χ0v) is 13.6. The van der Waals surface area contributed by atoms with Gasteiger partial charge in [-0.2, -0.15) is 0 Å². The Hall–Kier alpha value is -2.40. The van der Waals surface area contributed by atoms with E-state index in [0.29, 0.717) is 18.7 Å². The van der Waals surface area contributed by atoms with E-state index in [0.717, 1.165) is 12.2 Å². The number of hydrogen-bond donors (Lipinski definition) is 2. The molecular weight excluding hydrogens is 290 g/mol. The van der Waals surface area contributed by atoms with Crippen LogP contribution in [0.25, 0.3) is 0 Å². The highest BCUT2D eigenvalue weighted by molar-refractivity contribution is 5.94. The number of amides is 1. The number of carbonyl (C=O) groups is 1. The van der Waals surface area contributed by atoms with Crippen LogP contribution in [0.4, 0.5) is 5.82 Å². The van der Waals surface area contributed by atoms with E-state index in [-0.39, 0.29) is 11.9 Å². The Kier molecular flexibility index (Phi) is 6.56. The van der Waals surface area contributed by atoms with Crippen LogP contribution in [-0.2, 0) is 4.74 Å². The van der Waals surface area contributed by atoms with Crippen molar-refractivity contribution < 1.29 is 9.53 Å². The van der Waals surface area contributed by atoms with Crippen LogP contribution in [0.1, 0.15) is 35.3 Å². The number of nitrogens with zero attached hydrogens (tertiary/aromatic N) is 1. The normalized spacial score (nSPS) is 11.7. The maximum atomic E-state index is 12.0. The highest BCUT2D eigenvalue weighted by Gasteiger charge is 2.08. The van der Waals surface area contributed by atoms with Crippen molar-refractivity contribution in [3.05, 3.63) is 59.8 Å². The Labute approximate surface area is 137 Å². The molecule has 1 aromatic heterocycles. The van der Waals surface area contributed by atoms with E-state index in [4.69, 9.17) is 4.74 Å². The van der Waals surface area contributed by atoms with Crippen LogP contribution < -0.4 is 10.6 Å². The number of carbonyl (C=O) groups excluding carboxylic acids is 1. The first kappa shape index (κ1) is 17.0. The molecule has 1 unspecified atom stereocenters. The summed E-state index contributed by atoms with van der Waals surface area (Å²) in [4.78, 5) is 16.3. The monoisotopic (exact) mass is 313 g/mol. The molecule has 1 atom stereocenters. The standard InChI is InChI=1S/C18H23N3O2/c1-14(15-7-4-3-5-8-15)21-17-10-9-16(13-20-17)18(22)19-11-6-12-23-2/h3-5,7-10,13-14H,6,11-12H2,1-2H3,(H,19,22)(H,20,21). The van der Waals surface area contributed by atoms with Gasteiger partial charge in [-0.15, -0.1) is 0 Å². The lowest BCUT2D eigenvalue weighted by Gasteiger charge is -2.15. The number of ether oxygens (including phenoxy) is 1. The fourth-order valence-corrected chi connectivity index (χ4v) is 2.18. The summed E-state index contributed by atoms with van der Waals surface area (Å²) in [5.41, 5.74) is 1.74. The minimum atomic E-state index is -0.115. The van der Waals surface area contributed by atoms with Gasteiger partial charge in [-0.3, -0.25) is 4.79 Å². The van der Waals surface area contributed by atoms with Gasteiger partial charge in [0.2, 0.25) is 0 Å². The van der Waals surface area contributed by atoms with Crippen LogP contribution in [0.3, 0.4) is 0 Å². The lowest BCUT2D eigenvalue weighted by Crippen LogP contribution is -2.25. The van der Waals surface area contributed by atoms with Crippen LogP contribution in [0, 0.1) is 0 Å². The van der Waals surface area contributed by atoms with Crippen LogP contribution in [0.15, 0.2) is 48.7 Å². The Balaban J connectivity index is 1.88. The molecule has 0 saturated carbocycles. The van der Waals surface area contributed by atoms with E-state index in [1.165, 1.54) is 5.56 Å². The fourth-order valence-electron chi connectivity index (χ4n) is 2.18. The van der Waals surface area contributed by atoms with Crippen molar-refractivity contribution in [3.63, 3.8) is 0 Å². The molecule has 2 aromatic rings. The molecule has 122 valence electrons. The van der Waals surface area contributed by atoms with Gasteiger partial charge in [0.15, 0.2) is 0 Å². The molecule has 0 aliphatic heterocycles. The summed E-state index contributed by atoms with van der Waals surface area (Å²) >= 11 is 0. The van der Waals surface area contributed by atoms with Gasteiger partial charge >= 0.3 is 0 Å². The smallest absolute Gasteiger partial charge is 0.252 e. The van der Waals surface area contributed by atoms with Gasteiger partial charge < -0.3 is 15.4 Å². The van der Waals surface area contributed by atoms with Gasteiger partial charge in [0.05, 0.1) is 5.56 Å². The molecule has 0 saturated heterocycles. The second-order valence-corrected chi connectivity index (χ2v) is 5.31. The summed E-state index contributed by atoms with van der Waals surface area (Å²) in [5, 5.41) is 6.17. The zero-order chi connectivity index (χ0) is 16.5. The first-order chi connectivity index (χ1) is 11.2. The van der Waals surface area contributed by atoms with Crippen LogP contribution >= 0.6 is 0 Å². The third-order valence-corrected chi connectivity index (χ3v) is 3.50. The van der Waals surface area contributed by atoms with Crippen LogP contribution in [-0.4, -0.2) is 31.2 Å². The Bertz CT molecular complexity index is 599. The fraction of sp³-hybridized carbons (Fsp3) is 0.333. The highest BCUT2D eigenvalue weighted by Crippen LogP contribution is 2.17. The summed E-state index contributed by atoms with van der Waals surface area (Å²) in [6.45, 7) is 3.31. The van der Waals surface area contributed by atoms with Crippen molar-refractivity contribution in [1.82, 2.24) is 10.3 Å². The van der Waals surface area contributed by atoms with Gasteiger partial charge in [-0.25, -0.2) is 4.98 Å². The lowest BCUT2D eigenvalue weighted by atomic mass is 10.1. The minimum absolute atomic E-state index is 0.115. The third kappa shape index (κ3) is 5.38. The SMILES string of the molecule is COCCCNC(=O)c1ccc(NC(C)c2ccccc2)nc1. The molecule has 0 aliphatic carbocycles. The van der Waals surface area contributed by atoms with E-state index < -0.39 is 0 Å². The second-order valence-electron chi connectivity index (χ2n) is 5.31. The molecule has 1 aromatic carbocycles. The number of rotatable bonds is 8. The first-order valence-electron chi connectivity index (χ1n) is 7.75. The summed E-state index contributed by atoms with van der Waals surface area (Å²) in [6.07, 6.45) is 2.38. The summed E-state index contributed by atoms with van der Waals surface area (Å²) in [6, 6.07) is 13.9. The molecule has 2 rings (SSSR count). The molecule has 0 radical (unpaired) electrons. The molecule has 5 nitrogen and oxygen atoms in total. The molecule has 0 aliphatic rings. The predicted molar refractivity (Wildman–Crippen MR) is 91.5 cm³/mol. The number of benzene rings is 1. The largest absolute Gasteiger partial charge is 0.385 e. The van der Waals surface area contributed by atoms with Crippen LogP contribution in [0.2, 0.25) is 0 Å². The van der Waals surface area contributed by atoms with Gasteiger partial charge in [-0.1, -0.05) is 30.3 Å². The Morgan fingerprint density at radius 2 is 2.00 bits per heavy atom. The van der Waals surface area contributed by atoms with E-state index in [1.807, 2.05) is 24.3 Å². The molecule has 1 heterocycles. The average Bonchev–Trinajstić information content (AvgIpc) is 2.60. The molecule has 2 N–H and O–H groups in total. The Morgan fingerprint density at radius 3 is 2.65 bits per heavy atom. The van der Waals surface area contributed by atoms with Crippen molar-refractivity contribution in [2.24, 2.45) is 0 Å². The van der Waals surface area contributed by atoms with E-state index in [9.17, 15) is 4.79 Å². The molecule has 0 bridgehead atoms. The highest BCUT2D eigenvalue weighted by atomic mass is 16.5. The van der Waals surface area contributed by atoms with Crippen molar-refractivity contribution >= 4 is 11.7 Å². The Morgan fingerprint density at radius 1 is 1.22 bits per heavy atom. The van der Waals surface area contributed by atoms with E-state index >= 15 is 0 Å². The van der Waals surface area contributed by atoms with Gasteiger partial charge in [0.1, 0.15) is 5.82 Å². The first-order valence-corrected chi connectivity index (χ1v) is 7.75. The lowest BCUT2D eigenvalue weighted by molar-refractivity contribution is 0.0948. The summed E-state index contributed by atoms with van der Waals surface area (Å²) in [5.74, 6) is 0.633. The number of nitrogens with one attached hydrogen (secondary N) is 2. The molecule has 0 fully saturated rings. The molecule has 0 spiro atoms. The third-order valence-electron chi connectivity index (χ3n) is 3.50. The van der Waals surface area contributed by atoms with Gasteiger partial charge in [-0.05, 0) is 31.0 Å². The molecule has 5 heteroatoms. The molecule has 23 heavy (non-hydrogen) atoms. The van der Waals surface area contributed by atoms with Gasteiger partial charge in [0, 0.05) is 32.5 Å². The van der Waals surface area contributed by atoms with E-state index in [2.05, 4.69) is 34.7 Å². The van der Waals surface area contributed by atoms with E-state index in [1.54, 1.807) is 19.4 Å². The molecular formula is C18H23N3O2. The minimum Gasteiger partial charge on any atom is -0.385 e. The second kappa shape index (κ2) is 8.90. The van der Waals surface area contributed by atoms with Crippen LogP contribution in [0.5, 0.6) is 0 Å². The summed E-state index contributed by atoms with van der Waals surface area (Å²) < 4.78 is 4.95. The zero-order valence-electron chi connectivity index (χ0n) is 13.6. The topological polar surface area (TPSA) is 63.2 Å². The van der Waals surface area contributed by atoms with Crippen molar-refractivity contribution in [1.29, 1.82) is 0 Å². The van der Waals surface area contributed by atoms with Crippen molar-refractivity contribution in [2.75, 3.05) is 25.6 Å². The summed E-state index contributed by atoms with van der Waals surface area (Å²) in [7, 11) is 1.65. The van der Waals surface area contributed by atoms with Gasteiger partial charge in [0.25, 0.3) is 5.91 Å².